The van der Waals surface area contributed by atoms with Gasteiger partial charge in [-0.2, -0.15) is 0 Å². The highest BCUT2D eigenvalue weighted by Gasteiger charge is 2.41. The molecule has 4 heterocycles. The monoisotopic (exact) mass is 1130 g/mol. The van der Waals surface area contributed by atoms with Crippen molar-refractivity contribution in [2.75, 3.05) is 60.5 Å². The highest BCUT2D eigenvalue weighted by atomic mass is 32.1. The van der Waals surface area contributed by atoms with Crippen LogP contribution in [0.5, 0.6) is 0 Å². The average Bonchev–Trinajstić information content (AvgIpc) is 4.24. The third-order valence-electron chi connectivity index (χ3n) is 16.6. The van der Waals surface area contributed by atoms with E-state index in [1.807, 2.05) is 78.9 Å². The van der Waals surface area contributed by atoms with Crippen molar-refractivity contribution in [1.82, 2.24) is 45.9 Å². The summed E-state index contributed by atoms with van der Waals surface area (Å²) in [6, 6.07) is 6.27. The van der Waals surface area contributed by atoms with Crippen LogP contribution >= 0.6 is 11.3 Å². The third kappa shape index (κ3) is 18.0. The number of thiazole rings is 1. The van der Waals surface area contributed by atoms with Gasteiger partial charge in [-0.3, -0.25) is 48.2 Å². The van der Waals surface area contributed by atoms with E-state index in [0.717, 1.165) is 49.0 Å². The Morgan fingerprint density at radius 1 is 0.887 bits per heavy atom. The molecule has 2 aromatic rings. The number of ketones is 2. The number of carbonyl (C=O) groups excluding carboxylic acids is 9. The van der Waals surface area contributed by atoms with E-state index in [4.69, 9.17) is 9.72 Å². The molecule has 10 atom stereocenters. The van der Waals surface area contributed by atoms with E-state index in [-0.39, 0.29) is 103 Å². The first-order valence-corrected chi connectivity index (χ1v) is 29.7. The molecular weight excluding hydrogens is 1040 g/mol. The summed E-state index contributed by atoms with van der Waals surface area (Å²) in [5.41, 5.74) is 1.53. The lowest BCUT2D eigenvalue weighted by atomic mass is 9.83. The average molecular weight is 1130 g/mol. The lowest BCUT2D eigenvalue weighted by molar-refractivity contribution is -0.144. The summed E-state index contributed by atoms with van der Waals surface area (Å²) in [4.78, 5) is 133. The van der Waals surface area contributed by atoms with Gasteiger partial charge in [0.15, 0.2) is 11.6 Å². The molecule has 0 bridgehead atoms. The first-order chi connectivity index (χ1) is 38.2. The number of piperidine rings is 1. The van der Waals surface area contributed by atoms with Gasteiger partial charge in [-0.25, -0.2) is 4.98 Å². The summed E-state index contributed by atoms with van der Waals surface area (Å²) in [7, 11) is 5.33. The molecule has 0 aliphatic carbocycles. The van der Waals surface area contributed by atoms with Crippen LogP contribution in [0.4, 0.5) is 0 Å². The Bertz CT molecular complexity index is 2470. The number of aromatic nitrogens is 1. The number of amides is 6. The molecule has 19 nitrogen and oxygen atoms in total. The summed E-state index contributed by atoms with van der Waals surface area (Å²) in [5, 5.41) is 14.2. The number of ether oxygens (including phenoxy) is 1. The number of rotatable bonds is 34. The number of nitrogens with one attached hydrogen (secondary N) is 4. The van der Waals surface area contributed by atoms with Crippen molar-refractivity contribution in [2.24, 2.45) is 29.6 Å². The van der Waals surface area contributed by atoms with Crippen molar-refractivity contribution in [1.29, 1.82) is 0 Å². The van der Waals surface area contributed by atoms with Gasteiger partial charge in [0.1, 0.15) is 35.2 Å². The van der Waals surface area contributed by atoms with E-state index < -0.39 is 47.8 Å². The molecule has 4 N–H and O–H groups in total. The SMILES string of the molecule is C=C(CCN1C(=O)C=CC1=O)NCCNC(=O)[C@@H]1CCCN1C(=O)[C@@H](CC(=O)[C@H](CN[C@H](C=O)Cc1ccccc1)NC(=O)c1csc([C@@H](C[C@H](C(C)C)N(C)C(=O)[C@@H](CC(=O)[C@H]2CCCCN2C)[C@@H](C)CC)OC)n1)[C@@H](C)CC. The molecule has 80 heavy (non-hydrogen) atoms. The van der Waals surface area contributed by atoms with E-state index in [0.29, 0.717) is 62.3 Å². The van der Waals surface area contributed by atoms with Crippen LogP contribution in [0.25, 0.3) is 0 Å². The van der Waals surface area contributed by atoms with Crippen LogP contribution in [0.3, 0.4) is 0 Å². The lowest BCUT2D eigenvalue weighted by Crippen LogP contribution is -2.52. The number of imide groups is 1. The zero-order valence-electron chi connectivity index (χ0n) is 48.7. The number of likely N-dealkylation sites (N-methyl/N-ethyl adjacent to an activating group) is 1. The Hall–Kier alpha value is -5.96. The molecule has 440 valence electrons. The number of carbonyl (C=O) groups is 9. The minimum absolute atomic E-state index is 0.00265. The third-order valence-corrected chi connectivity index (χ3v) is 17.5. The molecule has 1 aromatic carbocycles. The molecule has 20 heteroatoms. The minimum atomic E-state index is -1.19. The summed E-state index contributed by atoms with van der Waals surface area (Å²) in [6.07, 6.45) is 8.75. The number of likely N-dealkylation sites (tertiary alicyclic amines) is 2. The molecule has 0 spiro atoms. The molecule has 3 aliphatic rings. The fourth-order valence-electron chi connectivity index (χ4n) is 11.0. The fraction of sp³-hybridized carbons (Fsp3) is 0.633. The van der Waals surface area contributed by atoms with Gasteiger partial charge in [0.25, 0.3) is 17.7 Å². The Labute approximate surface area is 477 Å². The molecule has 6 amide bonds. The van der Waals surface area contributed by atoms with Gasteiger partial charge in [0.05, 0.1) is 12.1 Å². The van der Waals surface area contributed by atoms with Gasteiger partial charge in [-0.1, -0.05) is 97.7 Å². The lowest BCUT2D eigenvalue weighted by Gasteiger charge is -2.37. The molecular formula is C60H89N9O10S. The molecule has 3 aliphatic heterocycles. The zero-order valence-corrected chi connectivity index (χ0v) is 49.5. The normalized spacial score (nSPS) is 19.6. The van der Waals surface area contributed by atoms with Gasteiger partial charge >= 0.3 is 0 Å². The molecule has 0 radical (unpaired) electrons. The highest BCUT2D eigenvalue weighted by Crippen LogP contribution is 2.33. The maximum Gasteiger partial charge on any atom is 0.271 e. The van der Waals surface area contributed by atoms with Gasteiger partial charge in [-0.15, -0.1) is 11.3 Å². The van der Waals surface area contributed by atoms with Crippen LogP contribution in [0.2, 0.25) is 0 Å². The van der Waals surface area contributed by atoms with E-state index in [1.54, 1.807) is 29.3 Å². The van der Waals surface area contributed by atoms with Crippen molar-refractivity contribution in [3.05, 3.63) is 76.4 Å². The van der Waals surface area contributed by atoms with Crippen molar-refractivity contribution >= 4 is 64.6 Å². The number of Topliss-reactive ketones (excluding diaryl/α,β-unsaturated/α-hetero) is 2. The predicted octanol–water partition coefficient (Wildman–Crippen LogP) is 5.45. The van der Waals surface area contributed by atoms with E-state index in [9.17, 15) is 43.2 Å². The Morgan fingerprint density at radius 2 is 1.55 bits per heavy atom. The predicted molar refractivity (Wildman–Crippen MR) is 308 cm³/mol. The summed E-state index contributed by atoms with van der Waals surface area (Å²) < 4.78 is 6.03. The number of hydrogen-bond acceptors (Lipinski definition) is 15. The smallest absolute Gasteiger partial charge is 0.271 e. The molecule has 5 rings (SSSR count). The van der Waals surface area contributed by atoms with Crippen molar-refractivity contribution < 1.29 is 47.9 Å². The molecule has 2 saturated heterocycles. The second-order valence-corrected chi connectivity index (χ2v) is 23.3. The number of hydrogen-bond donors (Lipinski definition) is 4. The standard InChI is InChI=1S/C60H89N9O10S/c1-11-39(5)44(33-52(72)48-21-16-17-28-66(48)8)59(77)67(9)50(38(3)4)34-53(79-10)58-65-47(37-80-58)56(75)64-46(35-63-43(36-70)31-42-19-14-13-15-20-42)51(71)32-45(40(6)12-2)60(78)68-29-18-22-49(68)57(76)62-27-26-61-41(7)25-30-69-54(73)23-24-55(69)74/h13-15,19-20,23-24,36-40,43-46,48-50,53,61,63H,7,11-12,16-18,21-22,25-35H2,1-6,8-10H3,(H,62,76)(H,64,75)/t39-,40-,43-,44-,45-,46-,48+,49-,50+,53+/m0/s1. The maximum absolute atomic E-state index is 14.7. The zero-order chi connectivity index (χ0) is 58.6. The van der Waals surface area contributed by atoms with E-state index >= 15 is 0 Å². The maximum atomic E-state index is 14.7. The second kappa shape index (κ2) is 31.9. The van der Waals surface area contributed by atoms with Crippen molar-refractivity contribution in [3.8, 4) is 0 Å². The molecule has 0 saturated carbocycles. The van der Waals surface area contributed by atoms with Crippen molar-refractivity contribution in [2.45, 2.75) is 155 Å². The molecule has 1 aromatic heterocycles. The summed E-state index contributed by atoms with van der Waals surface area (Å²) in [5.74, 6) is -4.06. The van der Waals surface area contributed by atoms with Gasteiger partial charge < -0.3 is 40.6 Å². The van der Waals surface area contributed by atoms with Crippen LogP contribution in [0, 0.1) is 29.6 Å². The van der Waals surface area contributed by atoms with Gasteiger partial charge in [-0.05, 0) is 69.0 Å². The van der Waals surface area contributed by atoms with Gasteiger partial charge in [0.2, 0.25) is 17.7 Å². The summed E-state index contributed by atoms with van der Waals surface area (Å²) >= 11 is 1.22. The minimum Gasteiger partial charge on any atom is -0.387 e. The number of benzene rings is 1. The first kappa shape index (κ1) is 64.9. The quantitative estimate of drug-likeness (QED) is 0.0388. The molecule has 0 unspecified atom stereocenters. The first-order valence-electron chi connectivity index (χ1n) is 28.8. The molecule has 2 fully saturated rings. The Balaban J connectivity index is 1.28. The van der Waals surface area contributed by atoms with E-state index in [2.05, 4.69) is 32.7 Å². The number of methoxy groups -OCH3 is 1. The van der Waals surface area contributed by atoms with Crippen LogP contribution in [-0.2, 0) is 49.5 Å². The van der Waals surface area contributed by atoms with Crippen LogP contribution in [0.1, 0.15) is 139 Å². The van der Waals surface area contributed by atoms with Gasteiger partial charge in [0, 0.05) is 114 Å². The number of nitrogens with zero attached hydrogens (tertiary/aromatic N) is 5. The fourth-order valence-corrected chi connectivity index (χ4v) is 11.9. The summed E-state index contributed by atoms with van der Waals surface area (Å²) in [6.45, 7) is 17.7. The van der Waals surface area contributed by atoms with E-state index in [1.165, 1.54) is 23.5 Å². The highest BCUT2D eigenvalue weighted by molar-refractivity contribution is 7.09. The Morgan fingerprint density at radius 3 is 2.19 bits per heavy atom. The second-order valence-electron chi connectivity index (χ2n) is 22.4. The van der Waals surface area contributed by atoms with Crippen LogP contribution in [-0.4, -0.2) is 169 Å². The Kier molecular flexibility index (Phi) is 25.8. The topological polar surface area (TPSA) is 237 Å². The van der Waals surface area contributed by atoms with Crippen molar-refractivity contribution in [3.63, 3.8) is 0 Å². The van der Waals surface area contributed by atoms with Crippen LogP contribution in [0.15, 0.2) is 60.1 Å². The largest absolute Gasteiger partial charge is 0.387 e. The van der Waals surface area contributed by atoms with Crippen LogP contribution < -0.4 is 21.3 Å². The number of aldehydes is 1.